The Morgan fingerprint density at radius 3 is 1.50 bits per heavy atom. The molecule has 0 amide bonds. The lowest BCUT2D eigenvalue weighted by Crippen LogP contribution is -2.45. The average molecular weight is 648 g/mol. The minimum absolute atomic E-state index is 0.176. The standard InChI is InChI=1S/C35H69NO7S/c1-8-10-11-12-13-14-15-16-17-18-19-20-21-22-23-24-28-42-32(37)34(3,4)31-35(5,9-2)33(38)43-29-27-36(6,7)26-25-30-44(39,40)41/h8-31H2,1-7H3. The largest absolute Gasteiger partial charge is 0.748 e. The molecule has 0 radical (unpaired) electrons. The van der Waals surface area contributed by atoms with Gasteiger partial charge in [0.15, 0.2) is 0 Å². The third-order valence-electron chi connectivity index (χ3n) is 8.98. The number of hydrogen-bond donors (Lipinski definition) is 0. The Balaban J connectivity index is 4.15. The molecule has 262 valence electrons. The van der Waals surface area contributed by atoms with Gasteiger partial charge in [-0.25, -0.2) is 8.42 Å². The molecule has 44 heavy (non-hydrogen) atoms. The molecule has 0 rings (SSSR count). The number of ether oxygens (including phenoxy) is 2. The number of likely N-dealkylation sites (N-methyl/N-ethyl adjacent to an activating group) is 1. The molecule has 0 saturated heterocycles. The molecule has 0 aliphatic heterocycles. The quantitative estimate of drug-likeness (QED) is 0.0348. The van der Waals surface area contributed by atoms with E-state index >= 15 is 0 Å². The summed E-state index contributed by atoms with van der Waals surface area (Å²) in [7, 11) is -0.420. The summed E-state index contributed by atoms with van der Waals surface area (Å²) in [6, 6.07) is 0. The topological polar surface area (TPSA) is 110 Å². The molecule has 0 aromatic heterocycles. The van der Waals surface area contributed by atoms with Crippen LogP contribution in [0.3, 0.4) is 0 Å². The first-order chi connectivity index (χ1) is 20.6. The minimum atomic E-state index is -4.23. The first kappa shape index (κ1) is 42.8. The van der Waals surface area contributed by atoms with Crippen LogP contribution in [0.5, 0.6) is 0 Å². The molecule has 1 atom stereocenters. The van der Waals surface area contributed by atoms with Gasteiger partial charge in [-0.1, -0.05) is 110 Å². The van der Waals surface area contributed by atoms with E-state index in [9.17, 15) is 22.6 Å². The van der Waals surface area contributed by atoms with E-state index < -0.39 is 26.7 Å². The average Bonchev–Trinajstić information content (AvgIpc) is 2.93. The van der Waals surface area contributed by atoms with Gasteiger partial charge in [-0.15, -0.1) is 0 Å². The van der Waals surface area contributed by atoms with Crippen molar-refractivity contribution < 1.29 is 36.5 Å². The molecule has 0 bridgehead atoms. The van der Waals surface area contributed by atoms with E-state index in [-0.39, 0.29) is 25.0 Å². The molecular formula is C35H69NO7S. The number of quaternary nitrogens is 1. The number of rotatable bonds is 29. The molecule has 0 aliphatic carbocycles. The molecular weight excluding hydrogens is 578 g/mol. The summed E-state index contributed by atoms with van der Waals surface area (Å²) < 4.78 is 44.2. The van der Waals surface area contributed by atoms with Crippen molar-refractivity contribution in [1.82, 2.24) is 0 Å². The molecule has 0 aromatic rings. The van der Waals surface area contributed by atoms with Crippen molar-refractivity contribution in [2.24, 2.45) is 10.8 Å². The van der Waals surface area contributed by atoms with Crippen molar-refractivity contribution in [2.75, 3.05) is 46.2 Å². The maximum atomic E-state index is 13.1. The molecule has 9 heteroatoms. The predicted molar refractivity (Wildman–Crippen MR) is 179 cm³/mol. The fourth-order valence-corrected chi connectivity index (χ4v) is 6.22. The molecule has 0 saturated carbocycles. The molecule has 0 N–H and O–H groups in total. The Kier molecular flexibility index (Phi) is 22.6. The Morgan fingerprint density at radius 2 is 1.07 bits per heavy atom. The zero-order valence-corrected chi connectivity index (χ0v) is 30.5. The summed E-state index contributed by atoms with van der Waals surface area (Å²) in [5.41, 5.74) is -1.65. The molecule has 0 aromatic carbocycles. The first-order valence-electron chi connectivity index (χ1n) is 17.7. The molecule has 8 nitrogen and oxygen atoms in total. The second-order valence-electron chi connectivity index (χ2n) is 14.5. The van der Waals surface area contributed by atoms with Crippen molar-refractivity contribution in [3.05, 3.63) is 0 Å². The van der Waals surface area contributed by atoms with Crippen LogP contribution in [0.15, 0.2) is 0 Å². The van der Waals surface area contributed by atoms with Crippen LogP contribution >= 0.6 is 0 Å². The summed E-state index contributed by atoms with van der Waals surface area (Å²) in [4.78, 5) is 26.0. The van der Waals surface area contributed by atoms with E-state index in [4.69, 9.17) is 9.47 Å². The summed E-state index contributed by atoms with van der Waals surface area (Å²) in [5.74, 6) is -1.02. The van der Waals surface area contributed by atoms with Gasteiger partial charge < -0.3 is 18.5 Å². The third kappa shape index (κ3) is 22.3. The molecule has 0 fully saturated rings. The SMILES string of the molecule is CCCCCCCCCCCCCCCCCCOC(=O)C(C)(C)CC(C)(CC)C(=O)OCC[N+](C)(C)CCCS(=O)(=O)[O-]. The van der Waals surface area contributed by atoms with Gasteiger partial charge in [0.2, 0.25) is 0 Å². The van der Waals surface area contributed by atoms with E-state index in [1.165, 1.54) is 89.9 Å². The van der Waals surface area contributed by atoms with Crippen molar-refractivity contribution in [1.29, 1.82) is 0 Å². The van der Waals surface area contributed by atoms with Gasteiger partial charge in [-0.2, -0.15) is 0 Å². The first-order valence-corrected chi connectivity index (χ1v) is 19.3. The minimum Gasteiger partial charge on any atom is -0.748 e. The zero-order valence-electron chi connectivity index (χ0n) is 29.7. The second-order valence-corrected chi connectivity index (χ2v) is 16.1. The molecule has 0 aliphatic rings. The smallest absolute Gasteiger partial charge is 0.312 e. The van der Waals surface area contributed by atoms with Crippen LogP contribution in [0, 0.1) is 10.8 Å². The lowest BCUT2D eigenvalue weighted by molar-refractivity contribution is -0.890. The van der Waals surface area contributed by atoms with E-state index in [2.05, 4.69) is 6.92 Å². The van der Waals surface area contributed by atoms with Gasteiger partial charge in [0, 0.05) is 12.2 Å². The van der Waals surface area contributed by atoms with Crippen LogP contribution in [-0.4, -0.2) is 75.5 Å². The van der Waals surface area contributed by atoms with Gasteiger partial charge in [0.1, 0.15) is 13.2 Å². The van der Waals surface area contributed by atoms with Gasteiger partial charge in [0.25, 0.3) is 0 Å². The summed E-state index contributed by atoms with van der Waals surface area (Å²) >= 11 is 0. The maximum absolute atomic E-state index is 13.1. The van der Waals surface area contributed by atoms with Gasteiger partial charge >= 0.3 is 11.9 Å². The maximum Gasteiger partial charge on any atom is 0.312 e. The monoisotopic (exact) mass is 647 g/mol. The Bertz CT molecular complexity index is 872. The van der Waals surface area contributed by atoms with Gasteiger partial charge in [-0.3, -0.25) is 9.59 Å². The summed E-state index contributed by atoms with van der Waals surface area (Å²) in [6.07, 6.45) is 21.9. The van der Waals surface area contributed by atoms with Crippen LogP contribution in [0.2, 0.25) is 0 Å². The fourth-order valence-electron chi connectivity index (χ4n) is 5.74. The summed E-state index contributed by atoms with van der Waals surface area (Å²) in [6.45, 7) is 11.2. The number of unbranched alkanes of at least 4 members (excludes halogenated alkanes) is 15. The Hall–Kier alpha value is -1.19. The number of hydrogen-bond acceptors (Lipinski definition) is 7. The van der Waals surface area contributed by atoms with Crippen molar-refractivity contribution >= 4 is 22.1 Å². The van der Waals surface area contributed by atoms with Crippen LogP contribution < -0.4 is 0 Å². The molecule has 0 spiro atoms. The van der Waals surface area contributed by atoms with Crippen LogP contribution in [-0.2, 0) is 29.2 Å². The number of carbonyl (C=O) groups is 2. The van der Waals surface area contributed by atoms with Crippen LogP contribution in [0.25, 0.3) is 0 Å². The molecule has 1 unspecified atom stereocenters. The van der Waals surface area contributed by atoms with E-state index in [1.807, 2.05) is 41.8 Å². The zero-order chi connectivity index (χ0) is 33.5. The van der Waals surface area contributed by atoms with Crippen molar-refractivity contribution in [2.45, 2.75) is 157 Å². The number of carbonyl (C=O) groups excluding carboxylic acids is 2. The third-order valence-corrected chi connectivity index (χ3v) is 9.77. The van der Waals surface area contributed by atoms with Gasteiger partial charge in [0.05, 0.1) is 48.2 Å². The molecule has 0 heterocycles. The van der Waals surface area contributed by atoms with Gasteiger partial charge in [-0.05, 0) is 40.0 Å². The lowest BCUT2D eigenvalue weighted by atomic mass is 9.72. The van der Waals surface area contributed by atoms with Crippen LogP contribution in [0.4, 0.5) is 0 Å². The highest BCUT2D eigenvalue weighted by atomic mass is 32.2. The highest BCUT2D eigenvalue weighted by Gasteiger charge is 2.43. The highest BCUT2D eigenvalue weighted by Crippen LogP contribution is 2.38. The number of nitrogens with zero attached hydrogens (tertiary/aromatic N) is 1. The lowest BCUT2D eigenvalue weighted by Gasteiger charge is -2.34. The van der Waals surface area contributed by atoms with E-state index in [0.29, 0.717) is 37.0 Å². The van der Waals surface area contributed by atoms with E-state index in [0.717, 1.165) is 12.8 Å². The highest BCUT2D eigenvalue weighted by molar-refractivity contribution is 7.85. The van der Waals surface area contributed by atoms with E-state index in [1.54, 1.807) is 0 Å². The Labute approximate surface area is 271 Å². The number of esters is 2. The van der Waals surface area contributed by atoms with Crippen molar-refractivity contribution in [3.63, 3.8) is 0 Å². The fraction of sp³-hybridized carbons (Fsp3) is 0.943. The predicted octanol–water partition coefficient (Wildman–Crippen LogP) is 8.18. The summed E-state index contributed by atoms with van der Waals surface area (Å²) in [5, 5.41) is 0. The van der Waals surface area contributed by atoms with Crippen LogP contribution in [0.1, 0.15) is 157 Å². The Morgan fingerprint density at radius 1 is 0.636 bits per heavy atom. The normalized spacial score (nSPS) is 13.9. The van der Waals surface area contributed by atoms with Crippen molar-refractivity contribution in [3.8, 4) is 0 Å². The second kappa shape index (κ2) is 23.2.